The van der Waals surface area contributed by atoms with Gasteiger partial charge < -0.3 is 0 Å². The fraction of sp³-hybridized carbons (Fsp3) is 0.535. The molecule has 0 radical (unpaired) electrons. The van der Waals surface area contributed by atoms with Gasteiger partial charge in [-0.05, 0) is 80.0 Å². The Morgan fingerprint density at radius 2 is 1.05 bits per heavy atom. The van der Waals surface area contributed by atoms with E-state index < -0.39 is 0 Å². The Hall–Kier alpha value is -2.60. The van der Waals surface area contributed by atoms with Crippen molar-refractivity contribution in [3.63, 3.8) is 0 Å². The zero-order chi connectivity index (χ0) is 33.6. The Balaban J connectivity index is -0.000000131. The van der Waals surface area contributed by atoms with Gasteiger partial charge in [0.1, 0.15) is 0 Å². The first-order chi connectivity index (χ1) is 19.5. The topological polar surface area (TPSA) is 0 Å². The molecule has 0 heteroatoms. The van der Waals surface area contributed by atoms with E-state index in [1.54, 1.807) is 0 Å². The number of benzene rings is 2. The molecule has 0 aliphatic heterocycles. The first kappa shape index (κ1) is 56.2. The van der Waals surface area contributed by atoms with Gasteiger partial charge in [-0.25, -0.2) is 0 Å². The molecule has 252 valence electrons. The van der Waals surface area contributed by atoms with Crippen molar-refractivity contribution in [1.82, 2.24) is 0 Å². The molecule has 0 saturated heterocycles. The van der Waals surface area contributed by atoms with E-state index >= 15 is 0 Å². The molecular formula is C43H80. The van der Waals surface area contributed by atoms with Gasteiger partial charge >= 0.3 is 0 Å². The number of allylic oxidation sites excluding steroid dienone is 4. The van der Waals surface area contributed by atoms with E-state index in [0.29, 0.717) is 0 Å². The molecule has 0 amide bonds. The van der Waals surface area contributed by atoms with Gasteiger partial charge in [-0.1, -0.05) is 196 Å². The highest BCUT2D eigenvalue weighted by Gasteiger charge is 2.08. The third-order valence-electron chi connectivity index (χ3n) is 5.17. The second-order valence-corrected chi connectivity index (χ2v) is 9.17. The molecule has 0 heterocycles. The van der Waals surface area contributed by atoms with E-state index in [4.69, 9.17) is 0 Å². The van der Waals surface area contributed by atoms with E-state index in [0.717, 1.165) is 23.1 Å². The Bertz CT molecular complexity index is 931. The van der Waals surface area contributed by atoms with Crippen LogP contribution in [0.5, 0.6) is 0 Å². The molecule has 2 aromatic rings. The molecule has 0 atom stereocenters. The molecule has 0 aliphatic rings. The monoisotopic (exact) mass is 597 g/mol. The van der Waals surface area contributed by atoms with Crippen LogP contribution < -0.4 is 0 Å². The zero-order valence-corrected chi connectivity index (χ0v) is 31.0. The summed E-state index contributed by atoms with van der Waals surface area (Å²) in [4.78, 5) is 0. The van der Waals surface area contributed by atoms with Crippen LogP contribution in [0.25, 0.3) is 22.8 Å². The Labute approximate surface area is 275 Å². The minimum Gasteiger partial charge on any atom is -0.0998 e. The quantitative estimate of drug-likeness (QED) is 0.220. The maximum absolute atomic E-state index is 4.13. The molecule has 43 heavy (non-hydrogen) atoms. The van der Waals surface area contributed by atoms with E-state index in [9.17, 15) is 0 Å². The van der Waals surface area contributed by atoms with E-state index in [-0.39, 0.29) is 14.9 Å². The molecule has 0 saturated carbocycles. The van der Waals surface area contributed by atoms with Crippen LogP contribution in [0, 0.1) is 13.8 Å². The minimum atomic E-state index is 0. The van der Waals surface area contributed by atoms with Crippen LogP contribution in [0.1, 0.15) is 167 Å². The Morgan fingerprint density at radius 3 is 1.35 bits per heavy atom. The van der Waals surface area contributed by atoms with Crippen molar-refractivity contribution in [1.29, 1.82) is 0 Å². The van der Waals surface area contributed by atoms with Gasteiger partial charge in [0.2, 0.25) is 0 Å². The summed E-state index contributed by atoms with van der Waals surface area (Å²) in [5, 5.41) is 0. The van der Waals surface area contributed by atoms with Crippen LogP contribution in [-0.2, 0) is 0 Å². The molecule has 0 N–H and O–H groups in total. The maximum Gasteiger partial charge on any atom is -0.00699 e. The second-order valence-electron chi connectivity index (χ2n) is 9.17. The fourth-order valence-electron chi connectivity index (χ4n) is 3.08. The lowest BCUT2D eigenvalue weighted by molar-refractivity contribution is 0.886. The van der Waals surface area contributed by atoms with E-state index in [1.165, 1.54) is 58.2 Å². The van der Waals surface area contributed by atoms with Crippen LogP contribution in [0.2, 0.25) is 0 Å². The molecule has 0 nitrogen and oxygen atoms in total. The predicted molar refractivity (Wildman–Crippen MR) is 214 cm³/mol. The summed E-state index contributed by atoms with van der Waals surface area (Å²) >= 11 is 0. The maximum atomic E-state index is 4.13. The summed E-state index contributed by atoms with van der Waals surface area (Å²) < 4.78 is 0. The fourth-order valence-corrected chi connectivity index (χ4v) is 3.08. The number of rotatable bonds is 7. The van der Waals surface area contributed by atoms with Crippen molar-refractivity contribution < 1.29 is 0 Å². The van der Waals surface area contributed by atoms with E-state index in [1.807, 2.05) is 62.3 Å². The lowest BCUT2D eigenvalue weighted by Gasteiger charge is -2.13. The molecule has 0 fully saturated rings. The number of hydrogen-bond acceptors (Lipinski definition) is 0. The van der Waals surface area contributed by atoms with Gasteiger partial charge in [-0.2, -0.15) is 0 Å². The summed E-state index contributed by atoms with van der Waals surface area (Å²) in [5.41, 5.74) is 12.1. The highest BCUT2D eigenvalue weighted by Crippen LogP contribution is 2.30. The van der Waals surface area contributed by atoms with Crippen molar-refractivity contribution in [3.8, 4) is 11.1 Å². The van der Waals surface area contributed by atoms with Crippen molar-refractivity contribution in [2.24, 2.45) is 0 Å². The summed E-state index contributed by atoms with van der Waals surface area (Å²) in [6.45, 7) is 47.3. The molecule has 0 aromatic heterocycles. The normalized spacial score (nSPS) is 8.53. The average Bonchev–Trinajstić information content (AvgIpc) is 2.99. The summed E-state index contributed by atoms with van der Waals surface area (Å²) in [6.07, 6.45) is 7.02. The van der Waals surface area contributed by atoms with E-state index in [2.05, 4.69) is 118 Å². The van der Waals surface area contributed by atoms with Crippen molar-refractivity contribution >= 4 is 11.6 Å². The van der Waals surface area contributed by atoms with Crippen LogP contribution >= 0.6 is 0 Å². The largest absolute Gasteiger partial charge is 0.0998 e. The first-order valence-electron chi connectivity index (χ1n) is 16.4. The third-order valence-corrected chi connectivity index (χ3v) is 5.17. The minimum absolute atomic E-state index is 0. The highest BCUT2D eigenvalue weighted by atomic mass is 14.1. The van der Waals surface area contributed by atoms with Gasteiger partial charge in [-0.15, -0.1) is 0 Å². The summed E-state index contributed by atoms with van der Waals surface area (Å²) in [6, 6.07) is 13.2. The smallest absolute Gasteiger partial charge is 0.00699 e. The van der Waals surface area contributed by atoms with Crippen LogP contribution in [-0.4, -0.2) is 0 Å². The van der Waals surface area contributed by atoms with Gasteiger partial charge in [0.05, 0.1) is 0 Å². The standard InChI is InChI=1S/C26H30.C4H10.C3H8.4C2H6.2CH4/c1-17(2)13-24(19(5)6)16-25-14-21(8)26(15-20(25)7)23-11-9-22(10-12-23)18(3)4;1-3-4-2;1-3-2;4*1-2;;/h9-12,14-16H,1,3,5,13H2,2,4,6-8H3;3-4H2,1-2H3;3H2,1-2H3;4*1-2H3;2*1H4/b24-16+;;;;;;;;. The number of unbranched alkanes of at least 4 members (excludes halogenated alkanes) is 1. The van der Waals surface area contributed by atoms with Gasteiger partial charge in [-0.3, -0.25) is 0 Å². The Morgan fingerprint density at radius 1 is 0.651 bits per heavy atom. The van der Waals surface area contributed by atoms with Crippen molar-refractivity contribution in [2.45, 2.75) is 158 Å². The molecule has 0 spiro atoms. The van der Waals surface area contributed by atoms with Gasteiger partial charge in [0.15, 0.2) is 0 Å². The van der Waals surface area contributed by atoms with Crippen LogP contribution in [0.4, 0.5) is 0 Å². The highest BCUT2D eigenvalue weighted by molar-refractivity contribution is 5.74. The predicted octanol–water partition coefficient (Wildman–Crippen LogP) is 16.5. The molecule has 0 aliphatic carbocycles. The van der Waals surface area contributed by atoms with Crippen molar-refractivity contribution in [2.75, 3.05) is 0 Å². The SMILES string of the molecule is C.C.C=C(C)C/C(=C\c1cc(C)c(-c2ccc(C(=C)C)cc2)cc1C)C(=C)C.CC.CC.CC.CC.CCC.CCCC. The van der Waals surface area contributed by atoms with Crippen LogP contribution in [0.15, 0.2) is 72.9 Å². The Kier molecular flexibility index (Phi) is 51.5. The third kappa shape index (κ3) is 28.0. The van der Waals surface area contributed by atoms with Gasteiger partial charge in [0.25, 0.3) is 0 Å². The number of aryl methyl sites for hydroxylation is 2. The van der Waals surface area contributed by atoms with Crippen LogP contribution in [0.3, 0.4) is 0 Å². The lowest BCUT2D eigenvalue weighted by Crippen LogP contribution is -1.92. The molecule has 0 bridgehead atoms. The first-order valence-corrected chi connectivity index (χ1v) is 16.4. The van der Waals surface area contributed by atoms with Crippen molar-refractivity contribution in [3.05, 3.63) is 95.1 Å². The summed E-state index contributed by atoms with van der Waals surface area (Å²) in [7, 11) is 0. The average molecular weight is 597 g/mol. The molecule has 2 aromatic carbocycles. The van der Waals surface area contributed by atoms with Gasteiger partial charge in [0, 0.05) is 0 Å². The molecule has 0 unspecified atom stereocenters. The summed E-state index contributed by atoms with van der Waals surface area (Å²) in [5.74, 6) is 0. The second kappa shape index (κ2) is 39.4. The molecule has 2 rings (SSSR count). The zero-order valence-electron chi connectivity index (χ0n) is 31.0. The lowest BCUT2D eigenvalue weighted by atomic mass is 9.92. The number of hydrogen-bond donors (Lipinski definition) is 0. The molecular weight excluding hydrogens is 516 g/mol.